The molecule has 4 heteroatoms. The summed E-state index contributed by atoms with van der Waals surface area (Å²) >= 11 is 0. The van der Waals surface area contributed by atoms with Crippen molar-refractivity contribution in [3.05, 3.63) is 146 Å². The highest BCUT2D eigenvalue weighted by molar-refractivity contribution is 7.01. The lowest BCUT2D eigenvalue weighted by molar-refractivity contribution is 0.332. The molecule has 432 valence electrons. The molecule has 1 aromatic heterocycles. The predicted molar refractivity (Wildman–Crippen MR) is 357 cm³/mol. The fraction of sp³-hybridized carbons (Fsp3) is 0.519. The number of hydrogen-bond donors (Lipinski definition) is 0. The van der Waals surface area contributed by atoms with Crippen LogP contribution < -0.4 is 26.2 Å². The fourth-order valence-electron chi connectivity index (χ4n) is 17.8. The zero-order valence-corrected chi connectivity index (χ0v) is 55.0. The summed E-state index contributed by atoms with van der Waals surface area (Å²) in [7, 11) is 0. The minimum Gasteiger partial charge on any atom is -0.440 e. The van der Waals surface area contributed by atoms with Crippen LogP contribution in [0.15, 0.2) is 89.3 Å². The molecule has 0 saturated carbocycles. The quantitative estimate of drug-likeness (QED) is 0.164. The molecule has 3 heterocycles. The molecule has 2 aliphatic heterocycles. The zero-order valence-electron chi connectivity index (χ0n) is 55.0. The first-order chi connectivity index (χ1) is 38.4. The Morgan fingerprint density at radius 3 is 1.17 bits per heavy atom. The first kappa shape index (κ1) is 55.4. The van der Waals surface area contributed by atoms with Crippen LogP contribution in [-0.4, -0.2) is 6.71 Å². The zero-order chi connectivity index (χ0) is 59.3. The molecule has 0 atom stereocenters. The highest BCUT2D eigenvalue weighted by Gasteiger charge is 2.51. The lowest BCUT2D eigenvalue weighted by atomic mass is 9.33. The van der Waals surface area contributed by atoms with Crippen molar-refractivity contribution in [2.75, 3.05) is 9.80 Å². The SMILES string of the molecule is Cc1cc2c(cc1-c1cc3c4c(c1)N(c1ccc5c(c1)C(C)(C)CCC5(C)C)c1oc5cc6c(cc5c1B4c1cc4c(cc1N3c1ccc3c(c1)C(C)(C)CCC3(C)C)C(C)(C)CCC4(C)C)C(C)(C)CCC6(C)C)C(C)(C)CCC2(C)C. The molecule has 3 nitrogen and oxygen atoms in total. The number of hydrogen-bond acceptors (Lipinski definition) is 3. The van der Waals surface area contributed by atoms with Crippen molar-refractivity contribution in [1.82, 2.24) is 0 Å². The maximum Gasteiger partial charge on any atom is 0.257 e. The molecule has 7 aromatic rings. The Hall–Kier alpha value is -5.48. The second-order valence-electron chi connectivity index (χ2n) is 34.7. The molecule has 6 aromatic carbocycles. The van der Waals surface area contributed by atoms with Crippen molar-refractivity contribution >= 4 is 68.4 Å². The Morgan fingerprint density at radius 1 is 0.337 bits per heavy atom. The smallest absolute Gasteiger partial charge is 0.257 e. The van der Waals surface area contributed by atoms with Gasteiger partial charge in [0.25, 0.3) is 6.71 Å². The molecule has 0 amide bonds. The van der Waals surface area contributed by atoms with E-state index in [1.165, 1.54) is 155 Å². The maximum atomic E-state index is 7.90. The second-order valence-corrected chi connectivity index (χ2v) is 34.7. The average molecular weight is 1100 g/mol. The van der Waals surface area contributed by atoms with Crippen molar-refractivity contribution in [1.29, 1.82) is 0 Å². The van der Waals surface area contributed by atoms with Gasteiger partial charge < -0.3 is 9.32 Å². The normalized spacial score (nSPS) is 23.2. The highest BCUT2D eigenvalue weighted by Crippen LogP contribution is 2.57. The van der Waals surface area contributed by atoms with Crippen molar-refractivity contribution in [2.24, 2.45) is 0 Å². The van der Waals surface area contributed by atoms with Crippen molar-refractivity contribution in [3.8, 4) is 11.1 Å². The molecule has 5 aliphatic carbocycles. The van der Waals surface area contributed by atoms with Gasteiger partial charge in [-0.25, -0.2) is 0 Å². The first-order valence-electron chi connectivity index (χ1n) is 32.5. The average Bonchev–Trinajstić information content (AvgIpc) is 1.70. The van der Waals surface area contributed by atoms with Gasteiger partial charge in [-0.2, -0.15) is 0 Å². The minimum absolute atomic E-state index is 0.00459. The number of nitrogens with zero attached hydrogens (tertiary/aromatic N) is 2. The number of furan rings is 1. The monoisotopic (exact) mass is 1100 g/mol. The van der Waals surface area contributed by atoms with E-state index in [4.69, 9.17) is 4.42 Å². The topological polar surface area (TPSA) is 19.6 Å². The lowest BCUT2D eigenvalue weighted by Crippen LogP contribution is -2.61. The van der Waals surface area contributed by atoms with E-state index in [0.29, 0.717) is 0 Å². The van der Waals surface area contributed by atoms with Gasteiger partial charge in [-0.1, -0.05) is 169 Å². The van der Waals surface area contributed by atoms with Crippen molar-refractivity contribution in [3.63, 3.8) is 0 Å². The molecular weight excluding hydrogens is 1000 g/mol. The second kappa shape index (κ2) is 16.9. The van der Waals surface area contributed by atoms with E-state index in [1.54, 1.807) is 0 Å². The number of rotatable bonds is 3. The van der Waals surface area contributed by atoms with Crippen LogP contribution in [0.1, 0.15) is 264 Å². The van der Waals surface area contributed by atoms with Crippen LogP contribution in [0.5, 0.6) is 0 Å². The van der Waals surface area contributed by atoms with E-state index in [2.05, 4.69) is 240 Å². The van der Waals surface area contributed by atoms with Crippen LogP contribution in [-0.2, 0) is 54.1 Å². The summed E-state index contributed by atoms with van der Waals surface area (Å²) in [5.74, 6) is 0.978. The van der Waals surface area contributed by atoms with E-state index >= 15 is 0 Å². The predicted octanol–water partition coefficient (Wildman–Crippen LogP) is 20.2. The Balaban J connectivity index is 1.16. The summed E-state index contributed by atoms with van der Waals surface area (Å²) in [6.45, 7) is 52.1. The summed E-state index contributed by atoms with van der Waals surface area (Å²) in [6, 6.07) is 36.3. The Kier molecular flexibility index (Phi) is 11.3. The molecule has 0 unspecified atom stereocenters. The molecule has 0 spiro atoms. The van der Waals surface area contributed by atoms with Crippen molar-refractivity contribution in [2.45, 2.75) is 264 Å². The Bertz CT molecular complexity index is 3970. The number of anilines is 6. The van der Waals surface area contributed by atoms with Gasteiger partial charge in [0.1, 0.15) is 5.58 Å². The van der Waals surface area contributed by atoms with Gasteiger partial charge in [-0.15, -0.1) is 0 Å². The Labute approximate surface area is 500 Å². The third kappa shape index (κ3) is 7.93. The van der Waals surface area contributed by atoms with Crippen molar-refractivity contribution < 1.29 is 4.42 Å². The largest absolute Gasteiger partial charge is 0.440 e. The minimum atomic E-state index is -0.0953. The molecule has 0 fully saturated rings. The van der Waals surface area contributed by atoms with E-state index in [-0.39, 0.29) is 60.9 Å². The van der Waals surface area contributed by atoms with Crippen LogP contribution in [0.2, 0.25) is 0 Å². The number of aryl methyl sites for hydroxylation is 1. The third-order valence-corrected chi connectivity index (χ3v) is 24.3. The van der Waals surface area contributed by atoms with Crippen LogP contribution in [0.4, 0.5) is 34.3 Å². The van der Waals surface area contributed by atoms with Gasteiger partial charge in [0, 0.05) is 39.3 Å². The molecule has 0 bridgehead atoms. The maximum absolute atomic E-state index is 7.90. The van der Waals surface area contributed by atoms with Gasteiger partial charge in [0.2, 0.25) is 5.88 Å². The molecule has 7 aliphatic rings. The summed E-state index contributed by atoms with van der Waals surface area (Å²) in [4.78, 5) is 5.41. The summed E-state index contributed by atoms with van der Waals surface area (Å²) < 4.78 is 7.90. The van der Waals surface area contributed by atoms with Crippen LogP contribution >= 0.6 is 0 Å². The van der Waals surface area contributed by atoms with Crippen LogP contribution in [0.3, 0.4) is 0 Å². The first-order valence-corrected chi connectivity index (χ1v) is 32.5. The molecule has 0 saturated heterocycles. The lowest BCUT2D eigenvalue weighted by Gasteiger charge is -2.47. The standard InChI is InChI=1S/C79H97BN2O/c1-46-36-54-57(75(12,13)31-30-72(54,6)7)41-50(46)47-37-64-68-65(38-47)82(49-23-25-53-56(40-49)74(10,11)29-27-71(53,4)5)69-67(51-42-58-61(45-66(51)83-69)79(20,21)35-32-76(58,14)15)80(68)62-43-59-60(78(18,19)34-33-77(59,16)17)44-63(62)81(64)48-22-24-52-55(39-48)73(8,9)28-26-70(52,2)3/h22-25,36-45H,26-35H2,1-21H3. The Morgan fingerprint density at radius 2 is 0.699 bits per heavy atom. The summed E-state index contributed by atoms with van der Waals surface area (Å²) in [6.07, 6.45) is 11.7. The van der Waals surface area contributed by atoms with E-state index in [0.717, 1.165) is 43.6 Å². The molecular formula is C79H97BN2O. The van der Waals surface area contributed by atoms with Gasteiger partial charge in [-0.05, 0) is 263 Å². The molecule has 0 N–H and O–H groups in total. The van der Waals surface area contributed by atoms with Gasteiger partial charge in [-0.3, -0.25) is 4.90 Å². The fourth-order valence-corrected chi connectivity index (χ4v) is 17.8. The van der Waals surface area contributed by atoms with Crippen LogP contribution in [0, 0.1) is 6.92 Å². The van der Waals surface area contributed by atoms with E-state index in [1.807, 2.05) is 0 Å². The summed E-state index contributed by atoms with van der Waals surface area (Å²) in [5, 5.41) is 1.27. The summed E-state index contributed by atoms with van der Waals surface area (Å²) in [5.41, 5.74) is 30.7. The highest BCUT2D eigenvalue weighted by atomic mass is 16.4. The third-order valence-electron chi connectivity index (χ3n) is 24.3. The van der Waals surface area contributed by atoms with E-state index in [9.17, 15) is 0 Å². The molecule has 14 rings (SSSR count). The van der Waals surface area contributed by atoms with Gasteiger partial charge in [0.05, 0.1) is 0 Å². The van der Waals surface area contributed by atoms with Crippen LogP contribution in [0.25, 0.3) is 22.1 Å². The molecule has 83 heavy (non-hydrogen) atoms. The van der Waals surface area contributed by atoms with Gasteiger partial charge in [0.15, 0.2) is 0 Å². The van der Waals surface area contributed by atoms with Gasteiger partial charge >= 0.3 is 0 Å². The molecule has 0 radical (unpaired) electrons. The van der Waals surface area contributed by atoms with E-state index < -0.39 is 0 Å². The number of fused-ring (bicyclic) bond motifs is 11. The number of benzene rings is 6.